The molecule has 0 fully saturated rings. The zero-order valence-electron chi connectivity index (χ0n) is 18.7. The van der Waals surface area contributed by atoms with Crippen LogP contribution in [0.3, 0.4) is 0 Å². The zero-order valence-corrected chi connectivity index (χ0v) is 19.5. The van der Waals surface area contributed by atoms with Gasteiger partial charge in [0.15, 0.2) is 0 Å². The smallest absolute Gasteiger partial charge is 0.296 e. The fourth-order valence-electron chi connectivity index (χ4n) is 4.35. The van der Waals surface area contributed by atoms with Gasteiger partial charge in [-0.2, -0.15) is 14.6 Å². The van der Waals surface area contributed by atoms with Gasteiger partial charge in [0.1, 0.15) is 16.0 Å². The molecule has 0 unspecified atom stereocenters. The molecule has 3 heterocycles. The first-order chi connectivity index (χ1) is 17.5. The van der Waals surface area contributed by atoms with E-state index < -0.39 is 22.8 Å². The van der Waals surface area contributed by atoms with E-state index in [2.05, 4.69) is 10.1 Å². The molecule has 6 rings (SSSR count). The van der Waals surface area contributed by atoms with E-state index in [0.717, 1.165) is 21.4 Å². The molecule has 3 aromatic carbocycles. The van der Waals surface area contributed by atoms with Gasteiger partial charge in [-0.05, 0) is 17.7 Å². The molecule has 0 saturated carbocycles. The van der Waals surface area contributed by atoms with Crippen LogP contribution in [0.4, 0.5) is 10.1 Å². The molecule has 0 radical (unpaired) electrons. The van der Waals surface area contributed by atoms with Gasteiger partial charge >= 0.3 is 0 Å². The van der Waals surface area contributed by atoms with E-state index in [9.17, 15) is 18.8 Å². The molecule has 1 aliphatic heterocycles. The Morgan fingerprint density at radius 3 is 2.39 bits per heavy atom. The number of nitrogens with zero attached hydrogens (tertiary/aromatic N) is 4. The number of benzene rings is 3. The molecular weight excluding hydrogens is 479 g/mol. The quantitative estimate of drug-likeness (QED) is 0.382. The van der Waals surface area contributed by atoms with Crippen LogP contribution in [-0.4, -0.2) is 20.5 Å². The Hall–Kier alpha value is -4.50. The Balaban J connectivity index is 1.51. The molecule has 176 valence electrons. The third kappa shape index (κ3) is 3.61. The normalized spacial score (nSPS) is 14.5. The second kappa shape index (κ2) is 8.62. The lowest BCUT2D eigenvalue weighted by Gasteiger charge is -2.17. The van der Waals surface area contributed by atoms with Gasteiger partial charge < -0.3 is 4.90 Å². The van der Waals surface area contributed by atoms with Crippen molar-refractivity contribution in [1.82, 2.24) is 14.6 Å². The molecule has 0 atom stereocenters. The molecule has 7 nitrogen and oxygen atoms in total. The van der Waals surface area contributed by atoms with E-state index in [0.29, 0.717) is 16.8 Å². The Bertz CT molecular complexity index is 1830. The van der Waals surface area contributed by atoms with Gasteiger partial charge in [0.25, 0.3) is 17.0 Å². The lowest BCUT2D eigenvalue weighted by molar-refractivity contribution is -0.113. The molecular formula is C27H17FN4O3S. The highest BCUT2D eigenvalue weighted by Gasteiger charge is 2.34. The Morgan fingerprint density at radius 2 is 1.58 bits per heavy atom. The number of thiazole rings is 1. The summed E-state index contributed by atoms with van der Waals surface area (Å²) in [7, 11) is 0. The second-order valence-corrected chi connectivity index (χ2v) is 9.31. The van der Waals surface area contributed by atoms with Gasteiger partial charge in [-0.15, -0.1) is 0 Å². The first kappa shape index (κ1) is 22.0. The summed E-state index contributed by atoms with van der Waals surface area (Å²) in [5, 5.41) is 4.29. The molecule has 1 amide bonds. The minimum absolute atomic E-state index is 0.0146. The number of aromatic nitrogens is 3. The summed E-state index contributed by atoms with van der Waals surface area (Å²) in [6.45, 7) is 0.0146. The zero-order chi connectivity index (χ0) is 24.8. The fraction of sp³-hybridized carbons (Fsp3) is 0.0741. The van der Waals surface area contributed by atoms with Gasteiger partial charge in [-0.3, -0.25) is 14.4 Å². The summed E-state index contributed by atoms with van der Waals surface area (Å²) < 4.78 is 15.6. The number of para-hydroxylation sites is 1. The first-order valence-corrected chi connectivity index (χ1v) is 12.0. The van der Waals surface area contributed by atoms with Crippen molar-refractivity contribution in [3.63, 3.8) is 0 Å². The molecule has 9 heteroatoms. The Kier molecular flexibility index (Phi) is 5.26. The molecule has 2 aromatic heterocycles. The topological polar surface area (TPSA) is 84.6 Å². The van der Waals surface area contributed by atoms with Crippen LogP contribution < -0.4 is 20.6 Å². The summed E-state index contributed by atoms with van der Waals surface area (Å²) in [5.74, 6) is -0.837. The van der Waals surface area contributed by atoms with Crippen LogP contribution in [0.5, 0.6) is 0 Å². The number of anilines is 1. The molecule has 0 spiro atoms. The monoisotopic (exact) mass is 496 g/mol. The van der Waals surface area contributed by atoms with Crippen LogP contribution in [0, 0.1) is 5.82 Å². The average Bonchev–Trinajstić information content (AvgIpc) is 3.34. The number of halogens is 1. The van der Waals surface area contributed by atoms with E-state index in [1.54, 1.807) is 42.5 Å². The maximum Gasteiger partial charge on any atom is 0.296 e. The average molecular weight is 497 g/mol. The predicted octanol–water partition coefficient (Wildman–Crippen LogP) is 2.71. The second-order valence-electron chi connectivity index (χ2n) is 8.33. The number of hydrogen-bond donors (Lipinski definition) is 0. The number of carbonyl (C=O) groups is 1. The first-order valence-electron chi connectivity index (χ1n) is 11.2. The van der Waals surface area contributed by atoms with Crippen molar-refractivity contribution in [2.75, 3.05) is 4.90 Å². The van der Waals surface area contributed by atoms with Crippen LogP contribution in [0.1, 0.15) is 22.4 Å². The summed E-state index contributed by atoms with van der Waals surface area (Å²) >= 11 is 0.947. The predicted molar refractivity (Wildman–Crippen MR) is 134 cm³/mol. The number of rotatable bonds is 4. The van der Waals surface area contributed by atoms with Crippen LogP contribution in [0.2, 0.25) is 0 Å². The van der Waals surface area contributed by atoms with Crippen molar-refractivity contribution >= 4 is 33.5 Å². The van der Waals surface area contributed by atoms with Crippen LogP contribution in [-0.2, 0) is 17.8 Å². The van der Waals surface area contributed by atoms with E-state index in [1.807, 2.05) is 30.3 Å². The standard InChI is InChI=1S/C27H17FN4O3S/c28-19-12-6-4-10-17(19)15-31-21-13-7-5-11-18(21)22(25(31)34)23-26(35)32-27(36-23)29-24(33)20(30-32)14-16-8-2-1-3-9-16/h1-13H,14-15H2. The van der Waals surface area contributed by atoms with E-state index in [4.69, 9.17) is 0 Å². The number of carbonyl (C=O) groups excluding carboxylic acids is 1. The minimum atomic E-state index is -0.525. The number of amides is 1. The van der Waals surface area contributed by atoms with Crippen molar-refractivity contribution in [3.8, 4) is 0 Å². The Morgan fingerprint density at radius 1 is 0.861 bits per heavy atom. The summed E-state index contributed by atoms with van der Waals surface area (Å²) in [4.78, 5) is 45.3. The maximum absolute atomic E-state index is 14.4. The lowest BCUT2D eigenvalue weighted by Crippen LogP contribution is -2.33. The Labute approximate surface area is 207 Å². The minimum Gasteiger partial charge on any atom is -0.303 e. The van der Waals surface area contributed by atoms with Gasteiger partial charge in [-0.25, -0.2) is 4.39 Å². The van der Waals surface area contributed by atoms with Crippen LogP contribution in [0.15, 0.2) is 88.5 Å². The van der Waals surface area contributed by atoms with Gasteiger partial charge in [0.2, 0.25) is 4.96 Å². The highest BCUT2D eigenvalue weighted by Crippen LogP contribution is 2.36. The lowest BCUT2D eigenvalue weighted by atomic mass is 10.1. The molecule has 0 aliphatic carbocycles. The van der Waals surface area contributed by atoms with Gasteiger partial charge in [0.05, 0.1) is 17.8 Å². The molecule has 0 saturated heterocycles. The third-order valence-electron chi connectivity index (χ3n) is 6.08. The van der Waals surface area contributed by atoms with E-state index in [-0.39, 0.29) is 33.7 Å². The molecule has 0 bridgehead atoms. The van der Waals surface area contributed by atoms with Crippen LogP contribution >= 0.6 is 11.3 Å². The van der Waals surface area contributed by atoms with E-state index >= 15 is 0 Å². The van der Waals surface area contributed by atoms with Crippen molar-refractivity contribution in [3.05, 3.63) is 132 Å². The number of fused-ring (bicyclic) bond motifs is 2. The molecule has 36 heavy (non-hydrogen) atoms. The third-order valence-corrected chi connectivity index (χ3v) is 7.11. The molecule has 5 aromatic rings. The van der Waals surface area contributed by atoms with E-state index in [1.165, 1.54) is 11.0 Å². The van der Waals surface area contributed by atoms with Crippen molar-refractivity contribution in [1.29, 1.82) is 0 Å². The highest BCUT2D eigenvalue weighted by atomic mass is 32.1. The molecule has 0 N–H and O–H groups in total. The summed E-state index contributed by atoms with van der Waals surface area (Å²) in [6, 6.07) is 22.6. The molecule has 1 aliphatic rings. The largest absolute Gasteiger partial charge is 0.303 e. The highest BCUT2D eigenvalue weighted by molar-refractivity contribution is 7.15. The van der Waals surface area contributed by atoms with Gasteiger partial charge in [-0.1, -0.05) is 78.1 Å². The SMILES string of the molecule is O=C1C(=c2sc3nc(=O)c(Cc4ccccc4)nn3c2=O)c2ccccc2N1Cc1ccccc1F. The van der Waals surface area contributed by atoms with Crippen LogP contribution in [0.25, 0.3) is 10.5 Å². The van der Waals surface area contributed by atoms with Crippen molar-refractivity contribution in [2.24, 2.45) is 0 Å². The summed E-state index contributed by atoms with van der Waals surface area (Å²) in [6.07, 6.45) is 0.231. The summed E-state index contributed by atoms with van der Waals surface area (Å²) in [5.41, 5.74) is 1.67. The fourth-order valence-corrected chi connectivity index (χ4v) is 5.34. The maximum atomic E-state index is 14.4. The van der Waals surface area contributed by atoms with Crippen molar-refractivity contribution < 1.29 is 9.18 Å². The van der Waals surface area contributed by atoms with Crippen molar-refractivity contribution in [2.45, 2.75) is 13.0 Å². The number of hydrogen-bond acceptors (Lipinski definition) is 6. The van der Waals surface area contributed by atoms with Gasteiger partial charge in [0, 0.05) is 17.5 Å².